The Morgan fingerprint density at radius 2 is 1.71 bits per heavy atom. The smallest absolute Gasteiger partial charge is 0.365 e. The summed E-state index contributed by atoms with van der Waals surface area (Å²) in [7, 11) is 0. The highest BCUT2D eigenvalue weighted by atomic mass is 19.4. The monoisotopic (exact) mass is 571 g/mol. The van der Waals surface area contributed by atoms with Gasteiger partial charge in [-0.15, -0.1) is 0 Å². The van der Waals surface area contributed by atoms with Gasteiger partial charge in [0.2, 0.25) is 17.7 Å². The number of hydrogen-bond acceptors (Lipinski definition) is 8. The molecule has 5 rings (SSSR count). The van der Waals surface area contributed by atoms with Crippen molar-refractivity contribution in [1.82, 2.24) is 10.2 Å². The van der Waals surface area contributed by atoms with E-state index in [9.17, 15) is 37.7 Å². The maximum absolute atomic E-state index is 13.6. The maximum atomic E-state index is 13.6. The number of amides is 3. The summed E-state index contributed by atoms with van der Waals surface area (Å²) in [5, 5.41) is 22.6. The highest BCUT2D eigenvalue weighted by Gasteiger charge is 2.71. The number of rotatable bonds is 6. The Morgan fingerprint density at radius 1 is 1.12 bits per heavy atom. The van der Waals surface area contributed by atoms with Crippen molar-refractivity contribution < 1.29 is 37.2 Å². The first-order valence-electron chi connectivity index (χ1n) is 12.6. The standard InChI is InChI=1S/C27H24F3N5O6/c1-25-13-33(12-20(36)32-11-15-3-6-17(7-4-15)35(39)40)14-26(2,41-25)22-21(25)23(37)34(24(22)38)18-8-5-16(10-31)19(9-18)27(28,29)30/h3-9,21-22H,11-14H2,1-2H3,(H,32,36)/t21-,22?,25?,26?/m0/s1. The molecule has 3 fully saturated rings. The average molecular weight is 572 g/mol. The predicted molar refractivity (Wildman–Crippen MR) is 135 cm³/mol. The first-order chi connectivity index (χ1) is 19.2. The third kappa shape index (κ3) is 4.81. The van der Waals surface area contributed by atoms with Crippen LogP contribution in [0.1, 0.15) is 30.5 Å². The summed E-state index contributed by atoms with van der Waals surface area (Å²) in [5.74, 6) is -3.73. The number of benzene rings is 2. The minimum Gasteiger partial charge on any atom is -0.365 e. The molecule has 0 saturated carbocycles. The number of alkyl halides is 3. The number of ether oxygens (including phenoxy) is 1. The summed E-state index contributed by atoms with van der Waals surface area (Å²) in [5.41, 5.74) is -3.94. The number of nitrogens with one attached hydrogen (secondary N) is 1. The van der Waals surface area contributed by atoms with Crippen molar-refractivity contribution in [3.8, 4) is 6.07 Å². The highest BCUT2D eigenvalue weighted by molar-refractivity contribution is 6.23. The lowest BCUT2D eigenvalue weighted by Crippen LogP contribution is -2.59. The topological polar surface area (TPSA) is 146 Å². The molecule has 214 valence electrons. The van der Waals surface area contributed by atoms with E-state index in [1.54, 1.807) is 18.7 Å². The van der Waals surface area contributed by atoms with E-state index in [-0.39, 0.29) is 43.5 Å². The van der Waals surface area contributed by atoms with Crippen LogP contribution in [0.4, 0.5) is 24.5 Å². The lowest BCUT2D eigenvalue weighted by molar-refractivity contribution is -0.384. The van der Waals surface area contributed by atoms with Gasteiger partial charge in [-0.25, -0.2) is 4.90 Å². The molecule has 4 atom stereocenters. The van der Waals surface area contributed by atoms with Gasteiger partial charge in [0.25, 0.3) is 5.69 Å². The summed E-state index contributed by atoms with van der Waals surface area (Å²) in [6.45, 7) is 3.58. The van der Waals surface area contributed by atoms with Crippen LogP contribution in [0.3, 0.4) is 0 Å². The van der Waals surface area contributed by atoms with Crippen LogP contribution in [-0.4, -0.2) is 58.4 Å². The summed E-state index contributed by atoms with van der Waals surface area (Å²) in [6.07, 6.45) is -4.86. The Bertz CT molecular complexity index is 1470. The fourth-order valence-corrected chi connectivity index (χ4v) is 6.33. The quantitative estimate of drug-likeness (QED) is 0.317. The molecule has 2 aromatic rings. The van der Waals surface area contributed by atoms with E-state index in [4.69, 9.17) is 10.00 Å². The molecule has 11 nitrogen and oxygen atoms in total. The lowest BCUT2D eigenvalue weighted by atomic mass is 9.79. The number of non-ortho nitro benzene ring substituents is 1. The third-order valence-corrected chi connectivity index (χ3v) is 7.85. The van der Waals surface area contributed by atoms with Crippen molar-refractivity contribution in [2.24, 2.45) is 11.8 Å². The van der Waals surface area contributed by atoms with E-state index in [1.165, 1.54) is 30.3 Å². The van der Waals surface area contributed by atoms with Gasteiger partial charge in [0.15, 0.2) is 0 Å². The first kappa shape index (κ1) is 28.2. The van der Waals surface area contributed by atoms with Gasteiger partial charge in [-0.2, -0.15) is 18.4 Å². The number of carbonyl (C=O) groups is 3. The Morgan fingerprint density at radius 3 is 2.22 bits per heavy atom. The number of nitro benzene ring substituents is 1. The van der Waals surface area contributed by atoms with E-state index in [0.29, 0.717) is 11.6 Å². The lowest BCUT2D eigenvalue weighted by Gasteiger charge is -2.44. The van der Waals surface area contributed by atoms with Gasteiger partial charge >= 0.3 is 6.18 Å². The fraction of sp³-hybridized carbons (Fsp3) is 0.407. The van der Waals surface area contributed by atoms with Crippen molar-refractivity contribution in [1.29, 1.82) is 5.26 Å². The van der Waals surface area contributed by atoms with Crippen LogP contribution < -0.4 is 10.2 Å². The minimum absolute atomic E-state index is 0.0708. The molecule has 41 heavy (non-hydrogen) atoms. The Kier molecular flexibility index (Phi) is 6.62. The summed E-state index contributed by atoms with van der Waals surface area (Å²) >= 11 is 0. The summed E-state index contributed by atoms with van der Waals surface area (Å²) in [4.78, 5) is 52.7. The van der Waals surface area contributed by atoms with E-state index >= 15 is 0 Å². The second kappa shape index (κ2) is 9.64. The van der Waals surface area contributed by atoms with Crippen LogP contribution in [0.15, 0.2) is 42.5 Å². The maximum Gasteiger partial charge on any atom is 0.417 e. The number of carbonyl (C=O) groups excluding carboxylic acids is 3. The number of anilines is 1. The molecule has 1 N–H and O–H groups in total. The molecule has 3 unspecified atom stereocenters. The second-order valence-electron chi connectivity index (χ2n) is 10.9. The van der Waals surface area contributed by atoms with E-state index in [2.05, 4.69) is 5.32 Å². The van der Waals surface area contributed by atoms with Gasteiger partial charge in [0.1, 0.15) is 0 Å². The average Bonchev–Trinajstić information content (AvgIpc) is 3.26. The van der Waals surface area contributed by atoms with Crippen LogP contribution in [0, 0.1) is 33.3 Å². The first-order valence-corrected chi connectivity index (χ1v) is 12.6. The molecule has 14 heteroatoms. The molecule has 3 saturated heterocycles. The molecule has 3 aliphatic rings. The molecule has 2 aromatic carbocycles. The highest BCUT2D eigenvalue weighted by Crippen LogP contribution is 2.55. The Hall–Kier alpha value is -4.35. The summed E-state index contributed by atoms with van der Waals surface area (Å²) in [6, 6.07) is 9.93. The molecule has 0 spiro atoms. The van der Waals surface area contributed by atoms with Gasteiger partial charge in [-0.3, -0.25) is 29.4 Å². The van der Waals surface area contributed by atoms with E-state index in [1.807, 2.05) is 0 Å². The summed E-state index contributed by atoms with van der Waals surface area (Å²) < 4.78 is 46.9. The van der Waals surface area contributed by atoms with Gasteiger partial charge in [0, 0.05) is 31.8 Å². The van der Waals surface area contributed by atoms with Crippen LogP contribution in [0.2, 0.25) is 0 Å². The van der Waals surface area contributed by atoms with Gasteiger partial charge in [-0.05, 0) is 37.6 Å². The van der Waals surface area contributed by atoms with Crippen LogP contribution in [0.25, 0.3) is 0 Å². The molecule has 0 aromatic heterocycles. The van der Waals surface area contributed by atoms with E-state index in [0.717, 1.165) is 17.0 Å². The number of fused-ring (bicyclic) bond motifs is 5. The molecule has 3 amide bonds. The number of nitriles is 1. The fourth-order valence-electron chi connectivity index (χ4n) is 6.33. The van der Waals surface area contributed by atoms with Crippen LogP contribution in [0.5, 0.6) is 0 Å². The number of likely N-dealkylation sites (tertiary alicyclic amines) is 1. The van der Waals surface area contributed by atoms with Gasteiger partial charge < -0.3 is 10.1 Å². The normalized spacial score (nSPS) is 27.5. The Balaban J connectivity index is 1.31. The van der Waals surface area contributed by atoms with Crippen LogP contribution in [-0.2, 0) is 31.8 Å². The molecular formula is C27H24F3N5O6. The Labute approximate surface area is 231 Å². The van der Waals surface area contributed by atoms with Crippen molar-refractivity contribution >= 4 is 29.1 Å². The number of nitro groups is 1. The zero-order valence-corrected chi connectivity index (χ0v) is 21.9. The van der Waals surface area contributed by atoms with Crippen molar-refractivity contribution in [3.05, 3.63) is 69.3 Å². The van der Waals surface area contributed by atoms with E-state index < -0.39 is 57.1 Å². The number of nitrogens with zero attached hydrogens (tertiary/aromatic N) is 4. The van der Waals surface area contributed by atoms with Gasteiger partial charge in [0.05, 0.1) is 57.4 Å². The number of halogens is 3. The van der Waals surface area contributed by atoms with Crippen LogP contribution >= 0.6 is 0 Å². The predicted octanol–water partition coefficient (Wildman–Crippen LogP) is 2.77. The second-order valence-corrected chi connectivity index (χ2v) is 10.9. The van der Waals surface area contributed by atoms with Gasteiger partial charge in [-0.1, -0.05) is 12.1 Å². The molecule has 3 aliphatic heterocycles. The number of hydrogen-bond donors (Lipinski definition) is 1. The van der Waals surface area contributed by atoms with Crippen molar-refractivity contribution in [2.75, 3.05) is 24.5 Å². The molecule has 3 heterocycles. The molecular weight excluding hydrogens is 547 g/mol. The zero-order valence-electron chi connectivity index (χ0n) is 21.9. The molecule has 2 bridgehead atoms. The third-order valence-electron chi connectivity index (χ3n) is 7.85. The number of morpholine rings is 1. The zero-order chi connectivity index (χ0) is 29.9. The van der Waals surface area contributed by atoms with Crippen molar-refractivity contribution in [2.45, 2.75) is 37.8 Å². The minimum atomic E-state index is -4.86. The largest absolute Gasteiger partial charge is 0.417 e. The SMILES string of the molecule is CC12CN(CC(=O)NCc3ccc([N+](=O)[O-])cc3)CC(C)(O1)[C@@H]1C(=O)N(c3ccc(C#N)c(C(F)(F)F)c3)C(=O)C12. The molecule has 0 radical (unpaired) electrons. The van der Waals surface area contributed by atoms with Crippen molar-refractivity contribution in [3.63, 3.8) is 0 Å². The number of imide groups is 1. The molecule has 0 aliphatic carbocycles.